The van der Waals surface area contributed by atoms with Gasteiger partial charge in [-0.1, -0.05) is 0 Å². The Morgan fingerprint density at radius 3 is 2.13 bits per heavy atom. The van der Waals surface area contributed by atoms with Gasteiger partial charge in [-0.25, -0.2) is 8.42 Å². The highest BCUT2D eigenvalue weighted by Crippen LogP contribution is 2.23. The van der Waals surface area contributed by atoms with Gasteiger partial charge in [0, 0.05) is 56.6 Å². The first-order valence-electron chi connectivity index (χ1n) is 9.51. The van der Waals surface area contributed by atoms with Crippen LogP contribution in [0.4, 0.5) is 11.4 Å². The van der Waals surface area contributed by atoms with Gasteiger partial charge in [-0.15, -0.1) is 0 Å². The van der Waals surface area contributed by atoms with Crippen LogP contribution in [0, 0.1) is 10.1 Å². The number of amides is 1. The molecule has 1 fully saturated rings. The Kier molecular flexibility index (Phi) is 6.37. The van der Waals surface area contributed by atoms with E-state index in [1.165, 1.54) is 28.6 Å². The standard InChI is InChI=1S/C20H24N4O5S/c1-22(2)17-5-3-15(4-6-17)20(25)21-16-11-13-23(14-12-16)30(28,29)19-9-7-18(8-10-19)24(26)27/h3-10,16H,11-14H2,1-2H3,(H,21,25). The maximum Gasteiger partial charge on any atom is 0.269 e. The van der Waals surface area contributed by atoms with E-state index in [1.807, 2.05) is 31.1 Å². The molecule has 1 amide bonds. The van der Waals surface area contributed by atoms with Gasteiger partial charge < -0.3 is 10.2 Å². The molecule has 0 aromatic heterocycles. The predicted molar refractivity (Wildman–Crippen MR) is 113 cm³/mol. The molecular formula is C20H24N4O5S. The molecule has 1 aliphatic rings. The third-order valence-corrected chi connectivity index (χ3v) is 7.03. The summed E-state index contributed by atoms with van der Waals surface area (Å²) in [7, 11) is 0.120. The highest BCUT2D eigenvalue weighted by molar-refractivity contribution is 7.89. The van der Waals surface area contributed by atoms with Gasteiger partial charge in [-0.05, 0) is 49.2 Å². The number of hydrogen-bond acceptors (Lipinski definition) is 6. The van der Waals surface area contributed by atoms with Crippen LogP contribution in [0.2, 0.25) is 0 Å². The van der Waals surface area contributed by atoms with Gasteiger partial charge >= 0.3 is 0 Å². The molecule has 0 unspecified atom stereocenters. The Morgan fingerprint density at radius 1 is 1.07 bits per heavy atom. The summed E-state index contributed by atoms with van der Waals surface area (Å²) in [6.45, 7) is 0.535. The molecule has 1 N–H and O–H groups in total. The van der Waals surface area contributed by atoms with Crippen LogP contribution in [-0.4, -0.2) is 56.8 Å². The second-order valence-corrected chi connectivity index (χ2v) is 9.28. The summed E-state index contributed by atoms with van der Waals surface area (Å²) >= 11 is 0. The number of nitrogens with one attached hydrogen (secondary N) is 1. The van der Waals surface area contributed by atoms with Crippen LogP contribution in [0.1, 0.15) is 23.2 Å². The third kappa shape index (κ3) is 4.77. The fourth-order valence-electron chi connectivity index (χ4n) is 3.31. The summed E-state index contributed by atoms with van der Waals surface area (Å²) in [5, 5.41) is 13.7. The normalized spacial score (nSPS) is 15.5. The highest BCUT2D eigenvalue weighted by Gasteiger charge is 2.30. The zero-order valence-electron chi connectivity index (χ0n) is 16.8. The monoisotopic (exact) mass is 432 g/mol. The van der Waals surface area contributed by atoms with Crippen LogP contribution < -0.4 is 10.2 Å². The number of hydrogen-bond donors (Lipinski definition) is 1. The quantitative estimate of drug-likeness (QED) is 0.553. The number of carbonyl (C=O) groups is 1. The zero-order chi connectivity index (χ0) is 21.9. The molecule has 1 heterocycles. The number of non-ortho nitro benzene ring substituents is 1. The molecule has 30 heavy (non-hydrogen) atoms. The topological polar surface area (TPSA) is 113 Å². The van der Waals surface area contributed by atoms with E-state index in [4.69, 9.17) is 0 Å². The van der Waals surface area contributed by atoms with Crippen molar-refractivity contribution in [3.63, 3.8) is 0 Å². The molecule has 0 saturated carbocycles. The van der Waals surface area contributed by atoms with Crippen molar-refractivity contribution >= 4 is 27.3 Å². The maximum absolute atomic E-state index is 12.8. The van der Waals surface area contributed by atoms with Crippen LogP contribution in [-0.2, 0) is 10.0 Å². The lowest BCUT2D eigenvalue weighted by molar-refractivity contribution is -0.384. The van der Waals surface area contributed by atoms with Gasteiger partial charge in [-0.3, -0.25) is 14.9 Å². The lowest BCUT2D eigenvalue weighted by Gasteiger charge is -2.31. The van der Waals surface area contributed by atoms with Crippen LogP contribution in [0.5, 0.6) is 0 Å². The highest BCUT2D eigenvalue weighted by atomic mass is 32.2. The Morgan fingerprint density at radius 2 is 1.63 bits per heavy atom. The molecule has 1 saturated heterocycles. The summed E-state index contributed by atoms with van der Waals surface area (Å²) in [6.07, 6.45) is 0.988. The lowest BCUT2D eigenvalue weighted by Crippen LogP contribution is -2.46. The number of sulfonamides is 1. The number of anilines is 1. The van der Waals surface area contributed by atoms with Crippen molar-refractivity contribution in [2.45, 2.75) is 23.8 Å². The Labute approximate surface area is 175 Å². The molecule has 0 bridgehead atoms. The van der Waals surface area contributed by atoms with E-state index in [-0.39, 0.29) is 35.6 Å². The van der Waals surface area contributed by atoms with E-state index in [2.05, 4.69) is 5.32 Å². The number of benzene rings is 2. The van der Waals surface area contributed by atoms with Crippen LogP contribution in [0.25, 0.3) is 0 Å². The minimum absolute atomic E-state index is 0.0246. The van der Waals surface area contributed by atoms with Gasteiger partial charge in [0.1, 0.15) is 0 Å². The van der Waals surface area contributed by atoms with Crippen molar-refractivity contribution in [1.29, 1.82) is 0 Å². The molecule has 2 aromatic rings. The van der Waals surface area contributed by atoms with Crippen molar-refractivity contribution in [3.05, 3.63) is 64.2 Å². The molecule has 9 nitrogen and oxygen atoms in total. The Bertz CT molecular complexity index is 1010. The molecule has 160 valence electrons. The molecule has 3 rings (SSSR count). The molecule has 0 aliphatic carbocycles. The number of nitro groups is 1. The fraction of sp³-hybridized carbons (Fsp3) is 0.350. The summed E-state index contributed by atoms with van der Waals surface area (Å²) in [5.41, 5.74) is 1.40. The van der Waals surface area contributed by atoms with Gasteiger partial charge in [0.05, 0.1) is 9.82 Å². The van der Waals surface area contributed by atoms with Crippen LogP contribution >= 0.6 is 0 Å². The van der Waals surface area contributed by atoms with Gasteiger partial charge in [-0.2, -0.15) is 4.31 Å². The molecule has 0 atom stereocenters. The summed E-state index contributed by atoms with van der Waals surface area (Å²) in [6, 6.07) is 12.0. The first kappa shape index (κ1) is 21.7. The third-order valence-electron chi connectivity index (χ3n) is 5.12. The SMILES string of the molecule is CN(C)c1ccc(C(=O)NC2CCN(S(=O)(=O)c3ccc([N+](=O)[O-])cc3)CC2)cc1. The molecule has 0 radical (unpaired) electrons. The second kappa shape index (κ2) is 8.80. The molecular weight excluding hydrogens is 408 g/mol. The van der Waals surface area contributed by atoms with Crippen LogP contribution in [0.3, 0.4) is 0 Å². The van der Waals surface area contributed by atoms with Crippen molar-refractivity contribution in [1.82, 2.24) is 9.62 Å². The smallest absolute Gasteiger partial charge is 0.269 e. The van der Waals surface area contributed by atoms with Gasteiger partial charge in [0.2, 0.25) is 10.0 Å². The lowest BCUT2D eigenvalue weighted by atomic mass is 10.1. The van der Waals surface area contributed by atoms with Crippen molar-refractivity contribution in [3.8, 4) is 0 Å². The first-order valence-corrected chi connectivity index (χ1v) is 11.0. The number of rotatable bonds is 6. The van der Waals surface area contributed by atoms with Crippen LogP contribution in [0.15, 0.2) is 53.4 Å². The molecule has 0 spiro atoms. The summed E-state index contributed by atoms with van der Waals surface area (Å²) < 4.78 is 26.9. The molecule has 10 heteroatoms. The molecule has 1 aliphatic heterocycles. The van der Waals surface area contributed by atoms with E-state index in [0.717, 1.165) is 5.69 Å². The minimum Gasteiger partial charge on any atom is -0.378 e. The molecule has 2 aromatic carbocycles. The number of nitro benzene ring substituents is 1. The minimum atomic E-state index is -3.73. The van der Waals surface area contributed by atoms with Crippen molar-refractivity contribution < 1.29 is 18.1 Å². The fourth-order valence-corrected chi connectivity index (χ4v) is 4.78. The first-order chi connectivity index (χ1) is 14.2. The number of nitrogens with zero attached hydrogens (tertiary/aromatic N) is 3. The Hall–Kier alpha value is -2.98. The van der Waals surface area contributed by atoms with E-state index in [9.17, 15) is 23.3 Å². The van der Waals surface area contributed by atoms with E-state index in [1.54, 1.807) is 12.1 Å². The average molecular weight is 433 g/mol. The van der Waals surface area contributed by atoms with Gasteiger partial charge in [0.15, 0.2) is 0 Å². The Balaban J connectivity index is 1.58. The summed E-state index contributed by atoms with van der Waals surface area (Å²) in [5.74, 6) is -0.183. The van der Waals surface area contributed by atoms with Crippen molar-refractivity contribution in [2.75, 3.05) is 32.1 Å². The maximum atomic E-state index is 12.8. The second-order valence-electron chi connectivity index (χ2n) is 7.34. The zero-order valence-corrected chi connectivity index (χ0v) is 17.6. The number of piperidine rings is 1. The van der Waals surface area contributed by atoms with Crippen molar-refractivity contribution in [2.24, 2.45) is 0 Å². The largest absolute Gasteiger partial charge is 0.378 e. The number of carbonyl (C=O) groups excluding carboxylic acids is 1. The van der Waals surface area contributed by atoms with Gasteiger partial charge in [0.25, 0.3) is 11.6 Å². The van der Waals surface area contributed by atoms with E-state index in [0.29, 0.717) is 18.4 Å². The van der Waals surface area contributed by atoms with E-state index >= 15 is 0 Å². The predicted octanol–water partition coefficient (Wildman–Crippen LogP) is 2.24. The average Bonchev–Trinajstić information content (AvgIpc) is 2.74. The summed E-state index contributed by atoms with van der Waals surface area (Å²) in [4.78, 5) is 24.6. The van der Waals surface area contributed by atoms with E-state index < -0.39 is 14.9 Å².